The molecule has 21 heavy (non-hydrogen) atoms. The number of alkyl halides is 3. The number of hydrogen-bond acceptors (Lipinski definition) is 4. The van der Waals surface area contributed by atoms with Crippen molar-refractivity contribution >= 4 is 21.6 Å². The molecule has 1 aromatic heterocycles. The van der Waals surface area contributed by atoms with Crippen LogP contribution < -0.4 is 5.32 Å². The molecule has 0 aliphatic rings. The van der Waals surface area contributed by atoms with Crippen molar-refractivity contribution in [1.82, 2.24) is 4.98 Å². The summed E-state index contributed by atoms with van der Waals surface area (Å²) in [5, 5.41) is -0.0654. The fourth-order valence-electron chi connectivity index (χ4n) is 1.45. The van der Waals surface area contributed by atoms with E-state index in [1.165, 1.54) is 20.8 Å². The topological polar surface area (TPSA) is 76.1 Å². The second kappa shape index (κ2) is 6.00. The summed E-state index contributed by atoms with van der Waals surface area (Å²) in [6.07, 6.45) is -4.64. The van der Waals surface area contributed by atoms with Gasteiger partial charge in [-0.3, -0.25) is 4.79 Å². The minimum atomic E-state index is -4.64. The Morgan fingerprint density at radius 1 is 1.24 bits per heavy atom. The van der Waals surface area contributed by atoms with Gasteiger partial charge in [-0.15, -0.1) is 0 Å². The zero-order chi connectivity index (χ0) is 16.4. The number of nitrogens with one attached hydrogen (secondary N) is 1. The number of pyridine rings is 1. The average Bonchev–Trinajstić information content (AvgIpc) is 2.36. The van der Waals surface area contributed by atoms with Crippen molar-refractivity contribution in [2.45, 2.75) is 37.4 Å². The summed E-state index contributed by atoms with van der Waals surface area (Å²) in [6.45, 7) is 4.02. The maximum absolute atomic E-state index is 12.5. The number of aromatic nitrogens is 1. The first kappa shape index (κ1) is 17.4. The average molecular weight is 324 g/mol. The molecule has 0 aliphatic heterocycles. The van der Waals surface area contributed by atoms with Gasteiger partial charge in [0.15, 0.2) is 9.84 Å². The summed E-state index contributed by atoms with van der Waals surface area (Å²) in [7, 11) is -3.70. The second-order valence-electron chi connectivity index (χ2n) is 4.68. The first-order valence-electron chi connectivity index (χ1n) is 6.04. The third-order valence-electron chi connectivity index (χ3n) is 2.81. The predicted octanol–water partition coefficient (Wildman–Crippen LogP) is 2.25. The van der Waals surface area contributed by atoms with Crippen molar-refractivity contribution in [3.05, 3.63) is 23.9 Å². The number of anilines is 1. The smallest absolute Gasteiger partial charge is 0.310 e. The molecule has 0 spiro atoms. The molecule has 0 unspecified atom stereocenters. The normalized spacial score (nSPS) is 14.0. The summed E-state index contributed by atoms with van der Waals surface area (Å²) in [5.41, 5.74) is -1.17. The number of carbonyl (C=O) groups is 1. The van der Waals surface area contributed by atoms with E-state index in [1.54, 1.807) is 0 Å². The molecule has 1 N–H and O–H groups in total. The summed E-state index contributed by atoms with van der Waals surface area (Å²) in [5.74, 6) is -1.27. The Morgan fingerprint density at radius 2 is 1.81 bits per heavy atom. The molecule has 1 atom stereocenters. The van der Waals surface area contributed by atoms with E-state index in [-0.39, 0.29) is 5.82 Å². The van der Waals surface area contributed by atoms with Gasteiger partial charge in [0.05, 0.1) is 5.25 Å². The molecule has 0 fully saturated rings. The maximum Gasteiger partial charge on any atom is 0.433 e. The van der Waals surface area contributed by atoms with Crippen LogP contribution in [0.25, 0.3) is 0 Å². The van der Waals surface area contributed by atoms with Gasteiger partial charge >= 0.3 is 6.18 Å². The van der Waals surface area contributed by atoms with E-state index in [2.05, 4.69) is 10.3 Å². The van der Waals surface area contributed by atoms with E-state index in [9.17, 15) is 26.4 Å². The molecule has 1 aromatic rings. The SMILES string of the molecule is CC(C)S(=O)(=O)[C@H](C)C(=O)Nc1cccc(C(F)(F)F)n1. The van der Waals surface area contributed by atoms with Crippen LogP contribution in [0.2, 0.25) is 0 Å². The highest BCUT2D eigenvalue weighted by Crippen LogP contribution is 2.28. The molecule has 0 radical (unpaired) electrons. The number of sulfone groups is 1. The quantitative estimate of drug-likeness (QED) is 0.921. The Morgan fingerprint density at radius 3 is 2.29 bits per heavy atom. The second-order valence-corrected chi connectivity index (χ2v) is 7.50. The van der Waals surface area contributed by atoms with Crippen molar-refractivity contribution in [3.63, 3.8) is 0 Å². The Kier molecular flexibility index (Phi) is 4.98. The highest BCUT2D eigenvalue weighted by molar-refractivity contribution is 7.93. The summed E-state index contributed by atoms with van der Waals surface area (Å²) in [6, 6.07) is 2.98. The van der Waals surface area contributed by atoms with Crippen LogP contribution in [-0.2, 0) is 20.8 Å². The molecule has 0 aliphatic carbocycles. The molecule has 9 heteroatoms. The number of halogens is 3. The van der Waals surface area contributed by atoms with Crippen molar-refractivity contribution < 1.29 is 26.4 Å². The van der Waals surface area contributed by atoms with E-state index in [4.69, 9.17) is 0 Å². The van der Waals surface area contributed by atoms with Crippen LogP contribution >= 0.6 is 0 Å². The lowest BCUT2D eigenvalue weighted by Crippen LogP contribution is -2.36. The maximum atomic E-state index is 12.5. The van der Waals surface area contributed by atoms with E-state index in [0.717, 1.165) is 18.2 Å². The first-order valence-corrected chi connectivity index (χ1v) is 7.65. The van der Waals surface area contributed by atoms with Crippen molar-refractivity contribution in [2.75, 3.05) is 5.32 Å². The van der Waals surface area contributed by atoms with Gasteiger partial charge in [0.2, 0.25) is 5.91 Å². The van der Waals surface area contributed by atoms with E-state index < -0.39 is 38.1 Å². The minimum absolute atomic E-state index is 0.347. The van der Waals surface area contributed by atoms with Crippen LogP contribution in [0, 0.1) is 0 Å². The van der Waals surface area contributed by atoms with Gasteiger partial charge in [-0.25, -0.2) is 13.4 Å². The molecule has 1 heterocycles. The van der Waals surface area contributed by atoms with Gasteiger partial charge in [0.25, 0.3) is 0 Å². The Labute approximate surface area is 120 Å². The van der Waals surface area contributed by atoms with Crippen molar-refractivity contribution in [2.24, 2.45) is 0 Å². The van der Waals surface area contributed by atoms with Gasteiger partial charge in [-0.2, -0.15) is 13.2 Å². The zero-order valence-corrected chi connectivity index (χ0v) is 12.4. The molecule has 0 aromatic carbocycles. The first-order chi connectivity index (χ1) is 9.46. The number of nitrogens with zero attached hydrogens (tertiary/aromatic N) is 1. The van der Waals surface area contributed by atoms with Crippen LogP contribution in [-0.4, -0.2) is 29.8 Å². The Bertz CT molecular complexity index is 627. The highest BCUT2D eigenvalue weighted by Gasteiger charge is 2.34. The third kappa shape index (κ3) is 4.16. The van der Waals surface area contributed by atoms with Gasteiger partial charge in [-0.1, -0.05) is 6.07 Å². The van der Waals surface area contributed by atoms with Crippen molar-refractivity contribution in [1.29, 1.82) is 0 Å². The molecule has 1 rings (SSSR count). The lowest BCUT2D eigenvalue weighted by atomic mass is 10.3. The van der Waals surface area contributed by atoms with E-state index >= 15 is 0 Å². The van der Waals surface area contributed by atoms with Gasteiger partial charge in [0, 0.05) is 0 Å². The van der Waals surface area contributed by atoms with Crippen molar-refractivity contribution in [3.8, 4) is 0 Å². The molecular formula is C12H15F3N2O3S. The molecule has 0 bridgehead atoms. The van der Waals surface area contributed by atoms with Crippen LogP contribution in [0.15, 0.2) is 18.2 Å². The summed E-state index contributed by atoms with van der Waals surface area (Å²) < 4.78 is 61.1. The largest absolute Gasteiger partial charge is 0.433 e. The minimum Gasteiger partial charge on any atom is -0.310 e. The number of carbonyl (C=O) groups excluding carboxylic acids is 1. The molecule has 118 valence electrons. The summed E-state index contributed by atoms with van der Waals surface area (Å²) in [4.78, 5) is 15.1. The molecule has 0 saturated heterocycles. The van der Waals surface area contributed by atoms with Gasteiger partial charge in [-0.05, 0) is 32.9 Å². The monoisotopic (exact) mass is 324 g/mol. The Hall–Kier alpha value is -1.64. The fraction of sp³-hybridized carbons (Fsp3) is 0.500. The molecular weight excluding hydrogens is 309 g/mol. The molecule has 1 amide bonds. The fourth-order valence-corrected chi connectivity index (χ4v) is 2.62. The zero-order valence-electron chi connectivity index (χ0n) is 11.6. The standard InChI is InChI=1S/C12H15F3N2O3S/c1-7(2)21(19,20)8(3)11(18)17-10-6-4-5-9(16-10)12(13,14)15/h4-8H,1-3H3,(H,16,17,18)/t8-/m1/s1. The lowest BCUT2D eigenvalue weighted by molar-refractivity contribution is -0.141. The number of hydrogen-bond donors (Lipinski definition) is 1. The number of rotatable bonds is 4. The predicted molar refractivity (Wildman–Crippen MR) is 71.4 cm³/mol. The summed E-state index contributed by atoms with van der Waals surface area (Å²) >= 11 is 0. The van der Waals surface area contributed by atoms with Gasteiger partial charge < -0.3 is 5.32 Å². The Balaban J connectivity index is 2.95. The van der Waals surface area contributed by atoms with Crippen LogP contribution in [0.1, 0.15) is 26.5 Å². The third-order valence-corrected chi connectivity index (χ3v) is 5.32. The van der Waals surface area contributed by atoms with Crippen LogP contribution in [0.5, 0.6) is 0 Å². The number of amides is 1. The molecule has 5 nitrogen and oxygen atoms in total. The van der Waals surface area contributed by atoms with Crippen LogP contribution in [0.4, 0.5) is 19.0 Å². The highest BCUT2D eigenvalue weighted by atomic mass is 32.2. The van der Waals surface area contributed by atoms with E-state index in [1.807, 2.05) is 0 Å². The van der Waals surface area contributed by atoms with E-state index in [0.29, 0.717) is 0 Å². The van der Waals surface area contributed by atoms with Gasteiger partial charge in [0.1, 0.15) is 16.8 Å². The lowest BCUT2D eigenvalue weighted by Gasteiger charge is -2.15. The van der Waals surface area contributed by atoms with Crippen LogP contribution in [0.3, 0.4) is 0 Å². The molecule has 0 saturated carbocycles.